The summed E-state index contributed by atoms with van der Waals surface area (Å²) in [6.45, 7) is 5.49. The number of nitrogens with zero attached hydrogens (tertiary/aromatic N) is 2. The molecule has 20 heavy (non-hydrogen) atoms. The van der Waals surface area contributed by atoms with Gasteiger partial charge >= 0.3 is 0 Å². The Bertz CT molecular complexity index is 568. The van der Waals surface area contributed by atoms with Gasteiger partial charge in [-0.3, -0.25) is 4.68 Å². The zero-order chi connectivity index (χ0) is 14.5. The molecule has 0 aliphatic carbocycles. The lowest BCUT2D eigenvalue weighted by atomic mass is 10.0. The van der Waals surface area contributed by atoms with Gasteiger partial charge in [-0.2, -0.15) is 5.10 Å². The van der Waals surface area contributed by atoms with Crippen LogP contribution in [-0.4, -0.2) is 16.4 Å². The molecule has 1 aromatic heterocycles. The lowest BCUT2D eigenvalue weighted by Gasteiger charge is -2.16. The van der Waals surface area contributed by atoms with E-state index in [0.29, 0.717) is 11.6 Å². The molecular formula is C15H20ClN3O. The zero-order valence-corrected chi connectivity index (χ0v) is 12.6. The van der Waals surface area contributed by atoms with E-state index in [4.69, 9.17) is 22.1 Å². The van der Waals surface area contributed by atoms with Crippen LogP contribution in [0.4, 0.5) is 0 Å². The first-order valence-electron chi connectivity index (χ1n) is 6.86. The number of hydrogen-bond acceptors (Lipinski definition) is 3. The Morgan fingerprint density at radius 2 is 2.20 bits per heavy atom. The summed E-state index contributed by atoms with van der Waals surface area (Å²) in [5, 5.41) is 4.89. The summed E-state index contributed by atoms with van der Waals surface area (Å²) in [5.74, 6) is 0.818. The van der Waals surface area contributed by atoms with Gasteiger partial charge in [0.15, 0.2) is 0 Å². The van der Waals surface area contributed by atoms with E-state index in [0.717, 1.165) is 30.0 Å². The molecule has 0 fully saturated rings. The van der Waals surface area contributed by atoms with Crippen LogP contribution in [0.15, 0.2) is 30.5 Å². The van der Waals surface area contributed by atoms with Gasteiger partial charge in [0.25, 0.3) is 0 Å². The predicted octanol–water partition coefficient (Wildman–Crippen LogP) is 3.39. The summed E-state index contributed by atoms with van der Waals surface area (Å²) in [6, 6.07) is 7.48. The molecule has 1 unspecified atom stereocenters. The molecular weight excluding hydrogens is 274 g/mol. The van der Waals surface area contributed by atoms with Crippen LogP contribution in [0.1, 0.15) is 37.6 Å². The van der Waals surface area contributed by atoms with Crippen molar-refractivity contribution in [1.82, 2.24) is 9.78 Å². The van der Waals surface area contributed by atoms with Crippen molar-refractivity contribution in [3.05, 3.63) is 46.7 Å². The maximum absolute atomic E-state index is 6.36. The molecule has 2 rings (SSSR count). The summed E-state index contributed by atoms with van der Waals surface area (Å²) in [7, 11) is 0. The quantitative estimate of drug-likeness (QED) is 0.888. The molecule has 1 aromatic carbocycles. The molecule has 0 bridgehead atoms. The molecule has 0 spiro atoms. The first kappa shape index (κ1) is 14.9. The Balaban J connectivity index is 2.33. The summed E-state index contributed by atoms with van der Waals surface area (Å²) >= 11 is 6.23. The fraction of sp³-hybridized carbons (Fsp3) is 0.400. The smallest absolute Gasteiger partial charge is 0.119 e. The van der Waals surface area contributed by atoms with Gasteiger partial charge in [0.2, 0.25) is 0 Å². The zero-order valence-electron chi connectivity index (χ0n) is 11.8. The second-order valence-corrected chi connectivity index (χ2v) is 4.99. The van der Waals surface area contributed by atoms with Crippen LogP contribution in [0.25, 0.3) is 0 Å². The van der Waals surface area contributed by atoms with Gasteiger partial charge < -0.3 is 10.5 Å². The minimum absolute atomic E-state index is 0.308. The van der Waals surface area contributed by atoms with Crippen molar-refractivity contribution >= 4 is 11.6 Å². The highest BCUT2D eigenvalue weighted by Gasteiger charge is 2.18. The second kappa shape index (κ2) is 6.77. The fourth-order valence-corrected chi connectivity index (χ4v) is 2.45. The number of aromatic nitrogens is 2. The van der Waals surface area contributed by atoms with Crippen molar-refractivity contribution in [1.29, 1.82) is 0 Å². The van der Waals surface area contributed by atoms with Crippen LogP contribution < -0.4 is 10.5 Å². The van der Waals surface area contributed by atoms with E-state index in [9.17, 15) is 0 Å². The minimum Gasteiger partial charge on any atom is -0.494 e. The van der Waals surface area contributed by atoms with E-state index in [1.165, 1.54) is 0 Å². The third-order valence-corrected chi connectivity index (χ3v) is 3.38. The molecule has 0 aliphatic rings. The molecule has 1 heterocycles. The molecule has 0 saturated heterocycles. The lowest BCUT2D eigenvalue weighted by Crippen LogP contribution is -2.18. The van der Waals surface area contributed by atoms with Crippen LogP contribution in [0.3, 0.4) is 0 Å². The molecule has 4 nitrogen and oxygen atoms in total. The van der Waals surface area contributed by atoms with Gasteiger partial charge in [0, 0.05) is 6.54 Å². The highest BCUT2D eigenvalue weighted by atomic mass is 35.5. The third-order valence-electron chi connectivity index (χ3n) is 3.09. The van der Waals surface area contributed by atoms with Gasteiger partial charge in [-0.15, -0.1) is 0 Å². The molecule has 1 atom stereocenters. The standard InChI is InChI=1S/C15H20ClN3O/c1-3-8-19-15(13(16)10-18-19)14(17)11-6-5-7-12(9-11)20-4-2/h5-7,9-10,14H,3-4,8,17H2,1-2H3. The molecule has 5 heteroatoms. The number of nitrogens with two attached hydrogens (primary N) is 1. The average molecular weight is 294 g/mol. The number of aryl methyl sites for hydroxylation is 1. The normalized spacial score (nSPS) is 12.4. The minimum atomic E-state index is -0.308. The lowest BCUT2D eigenvalue weighted by molar-refractivity contribution is 0.339. The summed E-state index contributed by atoms with van der Waals surface area (Å²) in [6.07, 6.45) is 2.63. The van der Waals surface area contributed by atoms with Crippen molar-refractivity contribution in [2.24, 2.45) is 5.73 Å². The number of halogens is 1. The predicted molar refractivity (Wildman–Crippen MR) is 81.2 cm³/mol. The van der Waals surface area contributed by atoms with Crippen molar-refractivity contribution in [3.63, 3.8) is 0 Å². The molecule has 2 aromatic rings. The van der Waals surface area contributed by atoms with E-state index in [1.807, 2.05) is 35.9 Å². The summed E-state index contributed by atoms with van der Waals surface area (Å²) < 4.78 is 7.39. The van der Waals surface area contributed by atoms with E-state index in [1.54, 1.807) is 6.20 Å². The van der Waals surface area contributed by atoms with Crippen LogP contribution >= 0.6 is 11.6 Å². The number of benzene rings is 1. The van der Waals surface area contributed by atoms with E-state index >= 15 is 0 Å². The fourth-order valence-electron chi connectivity index (χ4n) is 2.19. The van der Waals surface area contributed by atoms with Crippen LogP contribution in [0.5, 0.6) is 5.75 Å². The van der Waals surface area contributed by atoms with Crippen molar-refractivity contribution in [2.75, 3.05) is 6.61 Å². The highest BCUT2D eigenvalue weighted by Crippen LogP contribution is 2.28. The van der Waals surface area contributed by atoms with E-state index in [-0.39, 0.29) is 6.04 Å². The molecule has 0 radical (unpaired) electrons. The SMILES string of the molecule is CCCn1ncc(Cl)c1C(N)c1cccc(OCC)c1. The van der Waals surface area contributed by atoms with Gasteiger partial charge in [-0.1, -0.05) is 30.7 Å². The molecule has 108 valence electrons. The Labute approximate surface area is 124 Å². The number of hydrogen-bond donors (Lipinski definition) is 1. The van der Waals surface area contributed by atoms with Crippen LogP contribution in [-0.2, 0) is 6.54 Å². The van der Waals surface area contributed by atoms with E-state index < -0.39 is 0 Å². The first-order chi connectivity index (χ1) is 9.67. The average Bonchev–Trinajstić information content (AvgIpc) is 2.80. The summed E-state index contributed by atoms with van der Waals surface area (Å²) in [5.41, 5.74) is 8.17. The summed E-state index contributed by atoms with van der Waals surface area (Å²) in [4.78, 5) is 0. The first-order valence-corrected chi connectivity index (χ1v) is 7.24. The molecule has 2 N–H and O–H groups in total. The molecule has 0 aliphatic heterocycles. The topological polar surface area (TPSA) is 53.1 Å². The third kappa shape index (κ3) is 3.14. The van der Waals surface area contributed by atoms with Gasteiger partial charge in [0.1, 0.15) is 5.75 Å². The molecule has 0 saturated carbocycles. The van der Waals surface area contributed by atoms with Gasteiger partial charge in [0.05, 0.1) is 29.6 Å². The highest BCUT2D eigenvalue weighted by molar-refractivity contribution is 6.31. The van der Waals surface area contributed by atoms with Crippen LogP contribution in [0.2, 0.25) is 5.02 Å². The second-order valence-electron chi connectivity index (χ2n) is 4.58. The van der Waals surface area contributed by atoms with Gasteiger partial charge in [-0.05, 0) is 31.0 Å². The Morgan fingerprint density at radius 3 is 2.90 bits per heavy atom. The largest absolute Gasteiger partial charge is 0.494 e. The van der Waals surface area contributed by atoms with E-state index in [2.05, 4.69) is 12.0 Å². The number of rotatable bonds is 6. The monoisotopic (exact) mass is 293 g/mol. The maximum atomic E-state index is 6.36. The van der Waals surface area contributed by atoms with Gasteiger partial charge in [-0.25, -0.2) is 0 Å². The Kier molecular flexibility index (Phi) is 5.04. The Hall–Kier alpha value is -1.52. The molecule has 0 amide bonds. The van der Waals surface area contributed by atoms with Crippen molar-refractivity contribution in [2.45, 2.75) is 32.9 Å². The number of ether oxygens (including phenoxy) is 1. The van der Waals surface area contributed by atoms with Crippen molar-refractivity contribution in [3.8, 4) is 5.75 Å². The maximum Gasteiger partial charge on any atom is 0.119 e. The Morgan fingerprint density at radius 1 is 1.40 bits per heavy atom. The van der Waals surface area contributed by atoms with Crippen molar-refractivity contribution < 1.29 is 4.74 Å². The van der Waals surface area contributed by atoms with Crippen LogP contribution in [0, 0.1) is 0 Å².